The molecule has 0 aromatic rings. The van der Waals surface area contributed by atoms with Crippen LogP contribution in [0.15, 0.2) is 0 Å². The smallest absolute Gasteiger partial charge is 0.324 e. The molecule has 1 atom stereocenters. The monoisotopic (exact) mass is 232 g/mol. The molecule has 0 heterocycles. The molecule has 0 amide bonds. The van der Waals surface area contributed by atoms with E-state index in [0.29, 0.717) is 0 Å². The van der Waals surface area contributed by atoms with Crippen LogP contribution in [-0.2, 0) is 19.4 Å². The van der Waals surface area contributed by atoms with Gasteiger partial charge >= 0.3 is 5.97 Å². The molecule has 1 unspecified atom stereocenters. The average Bonchev–Trinajstić information content (AvgIpc) is 2.12. The number of terminal acetylenes is 1. The van der Waals surface area contributed by atoms with Gasteiger partial charge in [0, 0.05) is 0 Å². The van der Waals surface area contributed by atoms with E-state index in [0.717, 1.165) is 0 Å². The molecule has 0 aromatic heterocycles. The van der Waals surface area contributed by atoms with Crippen molar-refractivity contribution < 1.29 is 17.9 Å². The molecule has 0 aliphatic carbocycles. The Kier molecular flexibility index (Phi) is 5.37. The van der Waals surface area contributed by atoms with Gasteiger partial charge in [0.15, 0.2) is 15.1 Å². The summed E-state index contributed by atoms with van der Waals surface area (Å²) in [5.74, 6) is 1.01. The summed E-state index contributed by atoms with van der Waals surface area (Å²) < 4.78 is 27.6. The van der Waals surface area contributed by atoms with Crippen LogP contribution in [0.5, 0.6) is 0 Å². The topological polar surface area (TPSA) is 60.4 Å². The number of sulfone groups is 1. The van der Waals surface area contributed by atoms with E-state index < -0.39 is 26.8 Å². The van der Waals surface area contributed by atoms with Crippen molar-refractivity contribution in [1.82, 2.24) is 0 Å². The highest BCUT2D eigenvalue weighted by Crippen LogP contribution is 2.05. The van der Waals surface area contributed by atoms with Gasteiger partial charge in [0.1, 0.15) is 5.75 Å². The number of carbonyl (C=O) groups excluding carboxylic acids is 1. The van der Waals surface area contributed by atoms with Gasteiger partial charge in [-0.15, -0.1) is 6.42 Å². The zero-order chi connectivity index (χ0) is 12.1. The van der Waals surface area contributed by atoms with Gasteiger partial charge in [-0.3, -0.25) is 4.79 Å². The first-order valence-corrected chi connectivity index (χ1v) is 6.34. The van der Waals surface area contributed by atoms with Crippen LogP contribution in [0.2, 0.25) is 0 Å². The minimum absolute atomic E-state index is 0.177. The lowest BCUT2D eigenvalue weighted by molar-refractivity contribution is -0.143. The first-order valence-electron chi connectivity index (χ1n) is 4.63. The van der Waals surface area contributed by atoms with Crippen molar-refractivity contribution in [3.05, 3.63) is 0 Å². The summed E-state index contributed by atoms with van der Waals surface area (Å²) in [4.78, 5) is 11.3. The van der Waals surface area contributed by atoms with E-state index in [1.54, 1.807) is 0 Å². The number of rotatable bonds is 5. The van der Waals surface area contributed by atoms with Crippen LogP contribution < -0.4 is 0 Å². The molecule has 0 radical (unpaired) electrons. The van der Waals surface area contributed by atoms with Crippen LogP contribution in [-0.4, -0.2) is 32.0 Å². The molecule has 0 N–H and O–H groups in total. The van der Waals surface area contributed by atoms with Crippen molar-refractivity contribution in [2.24, 2.45) is 5.92 Å². The Labute approximate surface area is 90.9 Å². The third-order valence-corrected chi connectivity index (χ3v) is 3.55. The summed E-state index contributed by atoms with van der Waals surface area (Å²) in [6.07, 6.45) is 4.89. The molecule has 15 heavy (non-hydrogen) atoms. The Morgan fingerprint density at radius 2 is 1.93 bits per heavy atom. The van der Waals surface area contributed by atoms with Crippen LogP contribution in [0.3, 0.4) is 0 Å². The second-order valence-corrected chi connectivity index (χ2v) is 6.00. The first-order chi connectivity index (χ1) is 6.81. The lowest BCUT2D eigenvalue weighted by Gasteiger charge is -2.12. The maximum absolute atomic E-state index is 11.4. The van der Waals surface area contributed by atoms with Crippen LogP contribution in [0.25, 0.3) is 0 Å². The van der Waals surface area contributed by atoms with Crippen molar-refractivity contribution in [3.63, 3.8) is 0 Å². The number of ether oxygens (including phenoxy) is 1. The van der Waals surface area contributed by atoms with Crippen molar-refractivity contribution in [3.8, 4) is 12.3 Å². The minimum Gasteiger partial charge on any atom is -0.464 e. The van der Waals surface area contributed by atoms with Gasteiger partial charge < -0.3 is 4.74 Å². The van der Waals surface area contributed by atoms with Crippen molar-refractivity contribution in [2.75, 3.05) is 12.4 Å². The normalized spacial score (nSPS) is 13.3. The van der Waals surface area contributed by atoms with E-state index in [2.05, 4.69) is 0 Å². The standard InChI is InChI=1S/C10H16O4S/c1-5-6-15(12,13)9(4)10(11)14-7-8(2)3/h1,8-9H,6-7H2,2-4H3. The lowest BCUT2D eigenvalue weighted by Crippen LogP contribution is -2.31. The summed E-state index contributed by atoms with van der Waals surface area (Å²) in [7, 11) is -3.57. The van der Waals surface area contributed by atoms with Crippen LogP contribution in [0, 0.1) is 18.3 Å². The van der Waals surface area contributed by atoms with Gasteiger partial charge in [-0.2, -0.15) is 0 Å². The van der Waals surface area contributed by atoms with E-state index in [-0.39, 0.29) is 12.5 Å². The molecule has 0 fully saturated rings. The van der Waals surface area contributed by atoms with Gasteiger partial charge in [-0.25, -0.2) is 8.42 Å². The van der Waals surface area contributed by atoms with E-state index in [9.17, 15) is 13.2 Å². The van der Waals surface area contributed by atoms with E-state index in [4.69, 9.17) is 11.2 Å². The highest BCUT2D eigenvalue weighted by Gasteiger charge is 2.28. The quantitative estimate of drug-likeness (QED) is 0.515. The predicted molar refractivity (Wildman–Crippen MR) is 57.9 cm³/mol. The Morgan fingerprint density at radius 1 is 1.40 bits per heavy atom. The van der Waals surface area contributed by atoms with E-state index in [1.807, 2.05) is 19.8 Å². The highest BCUT2D eigenvalue weighted by molar-refractivity contribution is 7.92. The van der Waals surface area contributed by atoms with Gasteiger partial charge in [0.25, 0.3) is 0 Å². The van der Waals surface area contributed by atoms with E-state index in [1.165, 1.54) is 6.92 Å². The number of hydrogen-bond acceptors (Lipinski definition) is 4. The molecule has 0 aromatic carbocycles. The summed E-state index contributed by atoms with van der Waals surface area (Å²) in [5, 5.41) is -1.19. The van der Waals surface area contributed by atoms with Crippen molar-refractivity contribution in [1.29, 1.82) is 0 Å². The third kappa shape index (κ3) is 4.84. The zero-order valence-electron chi connectivity index (χ0n) is 9.19. The molecule has 0 saturated heterocycles. The fourth-order valence-corrected chi connectivity index (χ4v) is 1.60. The van der Waals surface area contributed by atoms with Crippen LogP contribution in [0.1, 0.15) is 20.8 Å². The van der Waals surface area contributed by atoms with Crippen LogP contribution in [0.4, 0.5) is 0 Å². The number of carbonyl (C=O) groups is 1. The molecule has 0 aliphatic heterocycles. The van der Waals surface area contributed by atoms with Crippen molar-refractivity contribution >= 4 is 15.8 Å². The Bertz CT molecular complexity index is 348. The van der Waals surface area contributed by atoms with Gasteiger partial charge in [-0.05, 0) is 12.8 Å². The molecule has 0 rings (SSSR count). The molecular formula is C10H16O4S. The molecule has 0 saturated carbocycles. The van der Waals surface area contributed by atoms with Gasteiger partial charge in [0.05, 0.1) is 6.61 Å². The minimum atomic E-state index is -3.57. The maximum atomic E-state index is 11.4. The molecule has 0 bridgehead atoms. The predicted octanol–water partition coefficient (Wildman–Crippen LogP) is 0.622. The number of esters is 1. The van der Waals surface area contributed by atoms with Crippen LogP contribution >= 0.6 is 0 Å². The summed E-state index contributed by atoms with van der Waals surface area (Å²) in [5.41, 5.74) is 0. The van der Waals surface area contributed by atoms with Gasteiger partial charge in [-0.1, -0.05) is 19.8 Å². The molecule has 5 heteroatoms. The molecule has 0 spiro atoms. The second kappa shape index (κ2) is 5.76. The zero-order valence-corrected chi connectivity index (χ0v) is 10.0. The molecule has 4 nitrogen and oxygen atoms in total. The van der Waals surface area contributed by atoms with Gasteiger partial charge in [0.2, 0.25) is 0 Å². The Hall–Kier alpha value is -1.02. The molecule has 86 valence electrons. The first kappa shape index (κ1) is 14.0. The summed E-state index contributed by atoms with van der Waals surface area (Å²) >= 11 is 0. The SMILES string of the molecule is C#CCS(=O)(=O)C(C)C(=O)OCC(C)C. The van der Waals surface area contributed by atoms with Crippen molar-refractivity contribution in [2.45, 2.75) is 26.0 Å². The number of hydrogen-bond donors (Lipinski definition) is 0. The highest BCUT2D eigenvalue weighted by atomic mass is 32.2. The Morgan fingerprint density at radius 3 is 2.33 bits per heavy atom. The molecule has 0 aliphatic rings. The fourth-order valence-electron chi connectivity index (χ4n) is 0.754. The summed E-state index contributed by atoms with van der Waals surface area (Å²) in [6.45, 7) is 5.24. The fraction of sp³-hybridized carbons (Fsp3) is 0.700. The average molecular weight is 232 g/mol. The van der Waals surface area contributed by atoms with E-state index >= 15 is 0 Å². The largest absolute Gasteiger partial charge is 0.464 e. The maximum Gasteiger partial charge on any atom is 0.324 e. The lowest BCUT2D eigenvalue weighted by atomic mass is 10.2. The molecular weight excluding hydrogens is 216 g/mol. The summed E-state index contributed by atoms with van der Waals surface area (Å²) in [6, 6.07) is 0. The Balaban J connectivity index is 4.40. The third-order valence-electron chi connectivity index (χ3n) is 1.71. The second-order valence-electron chi connectivity index (χ2n) is 3.68.